The number of hydrogen-bond acceptors (Lipinski definition) is 6. The van der Waals surface area contributed by atoms with Gasteiger partial charge in [-0.15, -0.1) is 0 Å². The van der Waals surface area contributed by atoms with Crippen LogP contribution in [0.4, 0.5) is 5.82 Å². The van der Waals surface area contributed by atoms with E-state index in [4.69, 9.17) is 14.7 Å². The third kappa shape index (κ3) is 7.16. The second-order valence-corrected chi connectivity index (χ2v) is 13.2. The fourth-order valence-corrected chi connectivity index (χ4v) is 7.84. The van der Waals surface area contributed by atoms with Crippen molar-refractivity contribution in [2.24, 2.45) is 0 Å². The van der Waals surface area contributed by atoms with Gasteiger partial charge in [0, 0.05) is 60.7 Å². The first-order valence-electron chi connectivity index (χ1n) is 17.0. The number of nitrogens with one attached hydrogen (secondary N) is 1. The summed E-state index contributed by atoms with van der Waals surface area (Å²) in [4.78, 5) is 25.1. The standard InChI is InChI=1S/C35H50N4O3/c40-35(41)33(30-18-19-31(25-10-3-1-4-11-25)38-32(30)26-12-5-2-6-13-26)39-22-20-29(24-39)42-23-8-7-15-28-17-16-27-14-9-21-36-34(27)37-28/h16-19,25-26,29,33H,1-15,20-24H2,(H,36,37)(H,40,41)/t29-,33?/m1/s1. The molecule has 2 atom stereocenters. The van der Waals surface area contributed by atoms with Crippen molar-refractivity contribution in [3.63, 3.8) is 0 Å². The Kier molecular flexibility index (Phi) is 10.1. The molecule has 2 aliphatic carbocycles. The SMILES string of the molecule is O=C(O)C(c1ccc(C2CCCCC2)nc1C1CCCCC1)N1CC[C@@H](OCCCCc2ccc3c(n2)NCCC3)C1. The van der Waals surface area contributed by atoms with Gasteiger partial charge in [0.2, 0.25) is 0 Å². The molecule has 42 heavy (non-hydrogen) atoms. The van der Waals surface area contributed by atoms with Crippen LogP contribution in [0.2, 0.25) is 0 Å². The topological polar surface area (TPSA) is 87.6 Å². The van der Waals surface area contributed by atoms with E-state index in [1.54, 1.807) is 0 Å². The van der Waals surface area contributed by atoms with E-state index in [1.165, 1.54) is 69.0 Å². The third-order valence-electron chi connectivity index (χ3n) is 10.2. The van der Waals surface area contributed by atoms with Crippen LogP contribution < -0.4 is 5.32 Å². The molecule has 1 unspecified atom stereocenters. The van der Waals surface area contributed by atoms with Crippen molar-refractivity contribution < 1.29 is 14.6 Å². The number of aryl methyl sites for hydroxylation is 2. The van der Waals surface area contributed by atoms with Gasteiger partial charge in [-0.25, -0.2) is 4.98 Å². The molecule has 1 saturated heterocycles. The van der Waals surface area contributed by atoms with Crippen LogP contribution in [0.1, 0.15) is 136 Å². The number of unbranched alkanes of at least 4 members (excludes halogenated alkanes) is 1. The minimum atomic E-state index is -0.757. The molecule has 0 bridgehead atoms. The van der Waals surface area contributed by atoms with Gasteiger partial charge >= 0.3 is 5.97 Å². The van der Waals surface area contributed by atoms with Crippen molar-refractivity contribution in [1.82, 2.24) is 14.9 Å². The quantitative estimate of drug-likeness (QED) is 0.275. The van der Waals surface area contributed by atoms with Crippen molar-refractivity contribution in [3.05, 3.63) is 52.5 Å². The van der Waals surface area contributed by atoms with Gasteiger partial charge in [0.05, 0.1) is 6.10 Å². The van der Waals surface area contributed by atoms with Crippen LogP contribution in [0.15, 0.2) is 24.3 Å². The second kappa shape index (κ2) is 14.3. The lowest BCUT2D eigenvalue weighted by molar-refractivity contribution is -0.143. The number of aliphatic carboxylic acids is 1. The van der Waals surface area contributed by atoms with Crippen molar-refractivity contribution in [1.29, 1.82) is 0 Å². The molecule has 4 aliphatic rings. The van der Waals surface area contributed by atoms with E-state index in [0.717, 1.165) is 80.8 Å². The van der Waals surface area contributed by atoms with E-state index >= 15 is 0 Å². The molecule has 2 saturated carbocycles. The predicted molar refractivity (Wildman–Crippen MR) is 166 cm³/mol. The van der Waals surface area contributed by atoms with Crippen LogP contribution in [-0.4, -0.2) is 58.3 Å². The maximum Gasteiger partial charge on any atom is 0.325 e. The average Bonchev–Trinajstić information content (AvgIpc) is 3.50. The highest BCUT2D eigenvalue weighted by molar-refractivity contribution is 5.76. The lowest BCUT2D eigenvalue weighted by Gasteiger charge is -2.31. The van der Waals surface area contributed by atoms with Gasteiger partial charge in [0.1, 0.15) is 11.9 Å². The van der Waals surface area contributed by atoms with Gasteiger partial charge in [-0.1, -0.05) is 50.7 Å². The number of nitrogens with zero attached hydrogens (tertiary/aromatic N) is 3. The summed E-state index contributed by atoms with van der Waals surface area (Å²) in [5.74, 6) is 1.23. The van der Waals surface area contributed by atoms with E-state index in [9.17, 15) is 9.90 Å². The Balaban J connectivity index is 1.06. The van der Waals surface area contributed by atoms with E-state index in [1.807, 2.05) is 0 Å². The number of rotatable bonds is 11. The molecule has 0 radical (unpaired) electrons. The molecule has 2 aliphatic heterocycles. The number of likely N-dealkylation sites (tertiary alicyclic amines) is 1. The lowest BCUT2D eigenvalue weighted by Crippen LogP contribution is -2.35. The van der Waals surface area contributed by atoms with Crippen LogP contribution in [0, 0.1) is 0 Å². The predicted octanol–water partition coefficient (Wildman–Crippen LogP) is 7.17. The van der Waals surface area contributed by atoms with Gasteiger partial charge in [0.15, 0.2) is 0 Å². The van der Waals surface area contributed by atoms with Gasteiger partial charge in [-0.3, -0.25) is 14.7 Å². The number of carbonyl (C=O) groups is 1. The van der Waals surface area contributed by atoms with Gasteiger partial charge in [-0.2, -0.15) is 0 Å². The zero-order valence-electron chi connectivity index (χ0n) is 25.4. The number of anilines is 1. The maximum absolute atomic E-state index is 12.8. The van der Waals surface area contributed by atoms with Crippen molar-refractivity contribution in [2.45, 2.75) is 127 Å². The van der Waals surface area contributed by atoms with Crippen molar-refractivity contribution in [2.75, 3.05) is 31.6 Å². The monoisotopic (exact) mass is 574 g/mol. The lowest BCUT2D eigenvalue weighted by atomic mass is 9.82. The Hall–Kier alpha value is -2.51. The molecule has 7 heteroatoms. The Bertz CT molecular complexity index is 1190. The highest BCUT2D eigenvalue weighted by Gasteiger charge is 2.37. The molecule has 2 N–H and O–H groups in total. The van der Waals surface area contributed by atoms with E-state index in [-0.39, 0.29) is 6.10 Å². The Morgan fingerprint density at radius 1 is 0.929 bits per heavy atom. The first-order valence-corrected chi connectivity index (χ1v) is 17.0. The molecule has 4 heterocycles. The first kappa shape index (κ1) is 29.6. The fourth-order valence-electron chi connectivity index (χ4n) is 7.84. The van der Waals surface area contributed by atoms with Crippen LogP contribution in [0.3, 0.4) is 0 Å². The average molecular weight is 575 g/mol. The molecule has 6 rings (SSSR count). The third-order valence-corrected chi connectivity index (χ3v) is 10.2. The second-order valence-electron chi connectivity index (χ2n) is 13.2. The summed E-state index contributed by atoms with van der Waals surface area (Å²) in [6.07, 6.45) is 18.6. The molecule has 0 spiro atoms. The number of carboxylic acids is 1. The van der Waals surface area contributed by atoms with E-state index in [2.05, 4.69) is 34.5 Å². The molecule has 7 nitrogen and oxygen atoms in total. The molecule has 3 fully saturated rings. The molecule has 2 aromatic heterocycles. The number of carboxylic acid groups (broad SMARTS) is 1. The molecule has 2 aromatic rings. The largest absolute Gasteiger partial charge is 0.480 e. The number of aromatic nitrogens is 2. The van der Waals surface area contributed by atoms with Gasteiger partial charge < -0.3 is 15.2 Å². The number of fused-ring (bicyclic) bond motifs is 1. The molecule has 0 aromatic carbocycles. The summed E-state index contributed by atoms with van der Waals surface area (Å²) in [6, 6.07) is 8.05. The Morgan fingerprint density at radius 2 is 1.71 bits per heavy atom. The van der Waals surface area contributed by atoms with Crippen LogP contribution in [-0.2, 0) is 22.4 Å². The summed E-state index contributed by atoms with van der Waals surface area (Å²) in [7, 11) is 0. The summed E-state index contributed by atoms with van der Waals surface area (Å²) in [5, 5.41) is 13.9. The zero-order chi connectivity index (χ0) is 28.7. The Labute approximate surface area is 251 Å². The van der Waals surface area contributed by atoms with Crippen molar-refractivity contribution >= 4 is 11.8 Å². The van der Waals surface area contributed by atoms with Gasteiger partial charge in [0.25, 0.3) is 0 Å². The van der Waals surface area contributed by atoms with Crippen LogP contribution in [0.25, 0.3) is 0 Å². The highest BCUT2D eigenvalue weighted by Crippen LogP contribution is 2.40. The minimum absolute atomic E-state index is 0.0884. The Morgan fingerprint density at radius 3 is 2.50 bits per heavy atom. The van der Waals surface area contributed by atoms with Gasteiger partial charge in [-0.05, 0) is 81.9 Å². The summed E-state index contributed by atoms with van der Waals surface area (Å²) < 4.78 is 6.29. The molecular weight excluding hydrogens is 524 g/mol. The van der Waals surface area contributed by atoms with E-state index < -0.39 is 12.0 Å². The smallest absolute Gasteiger partial charge is 0.325 e. The number of hydrogen-bond donors (Lipinski definition) is 2. The first-order chi connectivity index (χ1) is 20.7. The number of ether oxygens (including phenoxy) is 1. The number of pyridine rings is 2. The molecular formula is C35H50N4O3. The molecule has 0 amide bonds. The van der Waals surface area contributed by atoms with Crippen LogP contribution in [0.5, 0.6) is 0 Å². The normalized spacial score (nSPS) is 22.9. The summed E-state index contributed by atoms with van der Waals surface area (Å²) in [5.41, 5.74) is 5.70. The van der Waals surface area contributed by atoms with Crippen molar-refractivity contribution in [3.8, 4) is 0 Å². The fraction of sp³-hybridized carbons (Fsp3) is 0.686. The zero-order valence-corrected chi connectivity index (χ0v) is 25.4. The summed E-state index contributed by atoms with van der Waals surface area (Å²) in [6.45, 7) is 3.15. The highest BCUT2D eigenvalue weighted by atomic mass is 16.5. The maximum atomic E-state index is 12.8. The summed E-state index contributed by atoms with van der Waals surface area (Å²) >= 11 is 0. The minimum Gasteiger partial charge on any atom is -0.480 e. The molecule has 228 valence electrons. The van der Waals surface area contributed by atoms with E-state index in [0.29, 0.717) is 25.0 Å². The van der Waals surface area contributed by atoms with Crippen LogP contribution >= 0.6 is 0 Å².